The van der Waals surface area contributed by atoms with Crippen molar-refractivity contribution in [3.63, 3.8) is 0 Å². The van der Waals surface area contributed by atoms with Crippen LogP contribution in [0.2, 0.25) is 0 Å². The van der Waals surface area contributed by atoms with E-state index >= 15 is 0 Å². The number of carbonyl (C=O) groups excluding carboxylic acids is 1. The number of amides is 1. The molecule has 1 aromatic carbocycles. The standard InChI is InChI=1S/C17H19N3O3/c1-11(2)20-8-7-14(18-20)16(21)19-10-13-6-4-3-5-12(13)9-15(19)17(22)23/h3-8,11,15H,9-10H2,1-2H3,(H,22,23)/t15-/m0/s1. The maximum atomic E-state index is 12.7. The van der Waals surface area contributed by atoms with Crippen molar-refractivity contribution < 1.29 is 14.7 Å². The third-order valence-corrected chi connectivity index (χ3v) is 4.15. The predicted octanol–water partition coefficient (Wildman–Crippen LogP) is 2.12. The van der Waals surface area contributed by atoms with Crippen LogP contribution >= 0.6 is 0 Å². The largest absolute Gasteiger partial charge is 0.480 e. The summed E-state index contributed by atoms with van der Waals surface area (Å²) in [5, 5.41) is 13.8. The summed E-state index contributed by atoms with van der Waals surface area (Å²) in [4.78, 5) is 25.8. The highest BCUT2D eigenvalue weighted by molar-refractivity contribution is 5.95. The van der Waals surface area contributed by atoms with Crippen molar-refractivity contribution in [2.24, 2.45) is 0 Å². The van der Waals surface area contributed by atoms with E-state index in [1.54, 1.807) is 16.9 Å². The van der Waals surface area contributed by atoms with Crippen molar-refractivity contribution >= 4 is 11.9 Å². The van der Waals surface area contributed by atoms with Gasteiger partial charge in [-0.3, -0.25) is 9.48 Å². The molecule has 1 N–H and O–H groups in total. The van der Waals surface area contributed by atoms with Crippen molar-refractivity contribution in [1.82, 2.24) is 14.7 Å². The van der Waals surface area contributed by atoms with Gasteiger partial charge in [0.05, 0.1) is 0 Å². The number of carboxylic acid groups (broad SMARTS) is 1. The number of aliphatic carboxylic acids is 1. The molecule has 2 heterocycles. The lowest BCUT2D eigenvalue weighted by atomic mass is 9.93. The highest BCUT2D eigenvalue weighted by Gasteiger charge is 2.35. The number of aromatic nitrogens is 2. The number of hydrogen-bond acceptors (Lipinski definition) is 3. The molecule has 3 rings (SSSR count). The molecule has 120 valence electrons. The van der Waals surface area contributed by atoms with Gasteiger partial charge in [0.25, 0.3) is 5.91 Å². The first-order chi connectivity index (χ1) is 11.0. The Morgan fingerprint density at radius 1 is 1.22 bits per heavy atom. The maximum Gasteiger partial charge on any atom is 0.326 e. The van der Waals surface area contributed by atoms with Crippen molar-refractivity contribution in [3.8, 4) is 0 Å². The van der Waals surface area contributed by atoms with Crippen molar-refractivity contribution in [2.45, 2.75) is 38.9 Å². The number of carbonyl (C=O) groups is 2. The summed E-state index contributed by atoms with van der Waals surface area (Å²) in [5.41, 5.74) is 2.25. The Morgan fingerprint density at radius 2 is 1.91 bits per heavy atom. The molecule has 0 saturated heterocycles. The molecule has 0 bridgehead atoms. The van der Waals surface area contributed by atoms with Crippen LogP contribution < -0.4 is 0 Å². The zero-order chi connectivity index (χ0) is 16.6. The van der Waals surface area contributed by atoms with Crippen LogP contribution in [0.25, 0.3) is 0 Å². The number of carboxylic acids is 1. The van der Waals surface area contributed by atoms with E-state index in [9.17, 15) is 14.7 Å². The fraction of sp³-hybridized carbons (Fsp3) is 0.353. The molecule has 6 nitrogen and oxygen atoms in total. The van der Waals surface area contributed by atoms with E-state index in [0.717, 1.165) is 11.1 Å². The van der Waals surface area contributed by atoms with Crippen LogP contribution in [0, 0.1) is 0 Å². The number of nitrogens with zero attached hydrogens (tertiary/aromatic N) is 3. The van der Waals surface area contributed by atoms with Crippen molar-refractivity contribution in [1.29, 1.82) is 0 Å². The lowest BCUT2D eigenvalue weighted by molar-refractivity contribution is -0.142. The van der Waals surface area contributed by atoms with E-state index in [-0.39, 0.29) is 17.6 Å². The van der Waals surface area contributed by atoms with E-state index in [1.165, 1.54) is 4.90 Å². The van der Waals surface area contributed by atoms with Gasteiger partial charge >= 0.3 is 5.97 Å². The van der Waals surface area contributed by atoms with Gasteiger partial charge in [-0.25, -0.2) is 4.79 Å². The first kappa shape index (κ1) is 15.3. The number of fused-ring (bicyclic) bond motifs is 1. The van der Waals surface area contributed by atoms with E-state index in [4.69, 9.17) is 0 Å². The number of hydrogen-bond donors (Lipinski definition) is 1. The highest BCUT2D eigenvalue weighted by atomic mass is 16.4. The van der Waals surface area contributed by atoms with Gasteiger partial charge in [-0.2, -0.15) is 5.10 Å². The van der Waals surface area contributed by atoms with Gasteiger partial charge in [0.1, 0.15) is 11.7 Å². The van der Waals surface area contributed by atoms with Crippen LogP contribution in [-0.4, -0.2) is 37.7 Å². The molecule has 1 amide bonds. The van der Waals surface area contributed by atoms with Crippen molar-refractivity contribution in [3.05, 3.63) is 53.3 Å². The van der Waals surface area contributed by atoms with E-state index in [2.05, 4.69) is 5.10 Å². The maximum absolute atomic E-state index is 12.7. The van der Waals surface area contributed by atoms with Crippen LogP contribution in [-0.2, 0) is 17.8 Å². The molecule has 0 unspecified atom stereocenters. The summed E-state index contributed by atoms with van der Waals surface area (Å²) in [7, 11) is 0. The molecule has 0 aliphatic carbocycles. The summed E-state index contributed by atoms with van der Waals surface area (Å²) < 4.78 is 1.70. The topological polar surface area (TPSA) is 75.4 Å². The Labute approximate surface area is 134 Å². The monoisotopic (exact) mass is 313 g/mol. The molecule has 0 fully saturated rings. The van der Waals surface area contributed by atoms with Gasteiger partial charge in [-0.15, -0.1) is 0 Å². The first-order valence-electron chi connectivity index (χ1n) is 7.63. The van der Waals surface area contributed by atoms with Crippen LogP contribution in [0.4, 0.5) is 0 Å². The zero-order valence-electron chi connectivity index (χ0n) is 13.1. The lowest BCUT2D eigenvalue weighted by Gasteiger charge is -2.34. The average molecular weight is 313 g/mol. The summed E-state index contributed by atoms with van der Waals surface area (Å²) in [6.45, 7) is 4.23. The SMILES string of the molecule is CC(C)n1ccc(C(=O)N2Cc3ccccc3C[C@H]2C(=O)O)n1. The minimum atomic E-state index is -0.990. The van der Waals surface area contributed by atoms with Crippen LogP contribution in [0.5, 0.6) is 0 Å². The van der Waals surface area contributed by atoms with E-state index in [1.807, 2.05) is 38.1 Å². The molecule has 6 heteroatoms. The molecule has 0 spiro atoms. The quantitative estimate of drug-likeness (QED) is 0.941. The predicted molar refractivity (Wildman–Crippen MR) is 84.1 cm³/mol. The molecular formula is C17H19N3O3. The van der Waals surface area contributed by atoms with Gasteiger partial charge in [0.15, 0.2) is 0 Å². The summed E-state index contributed by atoms with van der Waals surface area (Å²) in [6, 6.07) is 8.56. The second-order valence-electron chi connectivity index (χ2n) is 6.03. The van der Waals surface area contributed by atoms with Crippen LogP contribution in [0.15, 0.2) is 36.5 Å². The van der Waals surface area contributed by atoms with E-state index < -0.39 is 12.0 Å². The second kappa shape index (κ2) is 5.87. The average Bonchev–Trinajstić information content (AvgIpc) is 3.03. The van der Waals surface area contributed by atoms with Crippen molar-refractivity contribution in [2.75, 3.05) is 0 Å². The Balaban J connectivity index is 1.92. The second-order valence-corrected chi connectivity index (χ2v) is 6.03. The third-order valence-electron chi connectivity index (χ3n) is 4.15. The highest BCUT2D eigenvalue weighted by Crippen LogP contribution is 2.25. The minimum absolute atomic E-state index is 0.147. The van der Waals surface area contributed by atoms with E-state index in [0.29, 0.717) is 13.0 Å². The smallest absolute Gasteiger partial charge is 0.326 e. The normalized spacial score (nSPS) is 17.2. The summed E-state index contributed by atoms with van der Waals surface area (Å²) in [6.07, 6.45) is 2.06. The molecule has 2 aromatic rings. The third kappa shape index (κ3) is 2.84. The lowest BCUT2D eigenvalue weighted by Crippen LogP contribution is -2.48. The molecule has 1 aliphatic heterocycles. The molecule has 23 heavy (non-hydrogen) atoms. The van der Waals surface area contributed by atoms with Gasteiger partial charge in [-0.05, 0) is 31.0 Å². The Bertz CT molecular complexity index is 751. The van der Waals surface area contributed by atoms with Gasteiger partial charge < -0.3 is 10.0 Å². The fourth-order valence-electron chi connectivity index (χ4n) is 2.84. The summed E-state index contributed by atoms with van der Waals surface area (Å²) in [5.74, 6) is -1.33. The molecule has 0 saturated carbocycles. The first-order valence-corrected chi connectivity index (χ1v) is 7.63. The van der Waals surface area contributed by atoms with Crippen LogP contribution in [0.1, 0.15) is 41.5 Å². The summed E-state index contributed by atoms with van der Waals surface area (Å²) >= 11 is 0. The Morgan fingerprint density at radius 3 is 2.52 bits per heavy atom. The van der Waals surface area contributed by atoms with Gasteiger partial charge in [0.2, 0.25) is 0 Å². The molecule has 1 atom stereocenters. The van der Waals surface area contributed by atoms with Gasteiger partial charge in [-0.1, -0.05) is 24.3 Å². The molecule has 0 radical (unpaired) electrons. The van der Waals surface area contributed by atoms with Crippen LogP contribution in [0.3, 0.4) is 0 Å². The number of benzene rings is 1. The fourth-order valence-corrected chi connectivity index (χ4v) is 2.84. The molecular weight excluding hydrogens is 294 g/mol. The minimum Gasteiger partial charge on any atom is -0.480 e. The van der Waals surface area contributed by atoms with Gasteiger partial charge in [0, 0.05) is 25.2 Å². The molecule has 1 aromatic heterocycles. The Hall–Kier alpha value is -2.63. The number of rotatable bonds is 3. The molecule has 1 aliphatic rings. The zero-order valence-corrected chi connectivity index (χ0v) is 13.1. The Kier molecular flexibility index (Phi) is 3.90.